The van der Waals surface area contributed by atoms with Crippen molar-refractivity contribution in [3.8, 4) is 5.75 Å². The number of phenolic OH excluding ortho intramolecular Hbond substituents is 1. The monoisotopic (exact) mass is 269 g/mol. The molecule has 1 aliphatic rings. The largest absolute Gasteiger partial charge is 0.507 e. The molecular weight excluding hydrogens is 254 g/mol. The molecule has 0 amide bonds. The zero-order chi connectivity index (χ0) is 11.1. The van der Waals surface area contributed by atoms with Gasteiger partial charge in [-0.05, 0) is 37.5 Å². The highest BCUT2D eigenvalue weighted by Gasteiger charge is 2.39. The lowest BCUT2D eigenvalue weighted by molar-refractivity contribution is 0.244. The van der Waals surface area contributed by atoms with Crippen molar-refractivity contribution in [2.75, 3.05) is 6.54 Å². The van der Waals surface area contributed by atoms with Gasteiger partial charge in [0.1, 0.15) is 5.75 Å². The Labute approximate surface area is 98.6 Å². The molecule has 0 aromatic heterocycles. The molecule has 0 spiro atoms. The topological polar surface area (TPSA) is 46.2 Å². The summed E-state index contributed by atoms with van der Waals surface area (Å²) < 4.78 is 1.02. The number of nitrogens with two attached hydrogens (primary N) is 1. The summed E-state index contributed by atoms with van der Waals surface area (Å²) in [6.45, 7) is 2.54. The SMILES string of the molecule is Cc1cc(Br)cc(C2(CN)CCC2)c1O. The summed E-state index contributed by atoms with van der Waals surface area (Å²) in [5.74, 6) is 0.420. The number of hydrogen-bond donors (Lipinski definition) is 2. The minimum Gasteiger partial charge on any atom is -0.507 e. The van der Waals surface area contributed by atoms with E-state index in [1.165, 1.54) is 6.42 Å². The van der Waals surface area contributed by atoms with Gasteiger partial charge in [-0.15, -0.1) is 0 Å². The number of rotatable bonds is 2. The number of aryl methyl sites for hydroxylation is 1. The van der Waals surface area contributed by atoms with E-state index in [0.29, 0.717) is 12.3 Å². The lowest BCUT2D eigenvalue weighted by Crippen LogP contribution is -2.41. The van der Waals surface area contributed by atoms with Gasteiger partial charge in [0.2, 0.25) is 0 Å². The fourth-order valence-corrected chi connectivity index (χ4v) is 2.90. The minimum atomic E-state index is 0.0264. The first kappa shape index (κ1) is 11.0. The van der Waals surface area contributed by atoms with E-state index in [9.17, 15) is 5.11 Å². The van der Waals surface area contributed by atoms with E-state index in [2.05, 4.69) is 15.9 Å². The summed E-state index contributed by atoms with van der Waals surface area (Å²) in [6.07, 6.45) is 3.39. The number of phenols is 1. The number of hydrogen-bond acceptors (Lipinski definition) is 2. The predicted octanol–water partition coefficient (Wildman–Crippen LogP) is 2.84. The van der Waals surface area contributed by atoms with Crippen LogP contribution in [0, 0.1) is 6.92 Å². The molecule has 0 aliphatic heterocycles. The molecule has 82 valence electrons. The van der Waals surface area contributed by atoms with Gasteiger partial charge in [0.05, 0.1) is 0 Å². The molecule has 0 atom stereocenters. The van der Waals surface area contributed by atoms with Crippen LogP contribution < -0.4 is 5.73 Å². The third-order valence-electron chi connectivity index (χ3n) is 3.54. The zero-order valence-electron chi connectivity index (χ0n) is 8.89. The second-order valence-corrected chi connectivity index (χ2v) is 5.37. The molecule has 3 heteroatoms. The van der Waals surface area contributed by atoms with Gasteiger partial charge < -0.3 is 10.8 Å². The van der Waals surface area contributed by atoms with Gasteiger partial charge in [0, 0.05) is 22.0 Å². The number of halogens is 1. The van der Waals surface area contributed by atoms with Gasteiger partial charge in [-0.1, -0.05) is 22.4 Å². The van der Waals surface area contributed by atoms with Gasteiger partial charge in [-0.2, -0.15) is 0 Å². The molecule has 1 fully saturated rings. The summed E-state index contributed by atoms with van der Waals surface area (Å²) in [5, 5.41) is 10.1. The van der Waals surface area contributed by atoms with E-state index < -0.39 is 0 Å². The first-order valence-corrected chi connectivity index (χ1v) is 6.08. The van der Waals surface area contributed by atoms with Crippen molar-refractivity contribution in [1.82, 2.24) is 0 Å². The molecule has 0 saturated heterocycles. The van der Waals surface area contributed by atoms with Crippen molar-refractivity contribution in [3.63, 3.8) is 0 Å². The first-order valence-electron chi connectivity index (χ1n) is 5.29. The maximum absolute atomic E-state index is 10.1. The van der Waals surface area contributed by atoms with E-state index in [1.807, 2.05) is 19.1 Å². The fraction of sp³-hybridized carbons (Fsp3) is 0.500. The van der Waals surface area contributed by atoms with Crippen LogP contribution >= 0.6 is 15.9 Å². The summed E-state index contributed by atoms with van der Waals surface area (Å²) in [5.41, 5.74) is 7.80. The minimum absolute atomic E-state index is 0.0264. The highest BCUT2D eigenvalue weighted by atomic mass is 79.9. The molecule has 0 heterocycles. The molecule has 0 unspecified atom stereocenters. The van der Waals surface area contributed by atoms with Crippen molar-refractivity contribution < 1.29 is 5.11 Å². The Morgan fingerprint density at radius 2 is 2.13 bits per heavy atom. The molecule has 1 aromatic carbocycles. The van der Waals surface area contributed by atoms with E-state index in [1.54, 1.807) is 0 Å². The average molecular weight is 270 g/mol. The highest BCUT2D eigenvalue weighted by molar-refractivity contribution is 9.10. The average Bonchev–Trinajstić information content (AvgIpc) is 2.12. The number of aromatic hydroxyl groups is 1. The second kappa shape index (κ2) is 3.80. The van der Waals surface area contributed by atoms with E-state index in [0.717, 1.165) is 28.4 Å². The maximum Gasteiger partial charge on any atom is 0.122 e. The van der Waals surface area contributed by atoms with E-state index in [-0.39, 0.29) is 5.41 Å². The van der Waals surface area contributed by atoms with Crippen molar-refractivity contribution in [2.24, 2.45) is 5.73 Å². The number of benzene rings is 1. The van der Waals surface area contributed by atoms with Gasteiger partial charge >= 0.3 is 0 Å². The van der Waals surface area contributed by atoms with Crippen molar-refractivity contribution in [3.05, 3.63) is 27.7 Å². The van der Waals surface area contributed by atoms with Gasteiger partial charge in [0.15, 0.2) is 0 Å². The van der Waals surface area contributed by atoms with Crippen LogP contribution in [0.15, 0.2) is 16.6 Å². The molecule has 1 aromatic rings. The normalized spacial score (nSPS) is 18.6. The summed E-state index contributed by atoms with van der Waals surface area (Å²) in [4.78, 5) is 0. The lowest BCUT2D eigenvalue weighted by Gasteiger charge is -2.42. The lowest BCUT2D eigenvalue weighted by atomic mass is 9.64. The smallest absolute Gasteiger partial charge is 0.122 e. The molecule has 0 radical (unpaired) electrons. The Bertz CT molecular complexity index is 380. The molecule has 3 N–H and O–H groups in total. The predicted molar refractivity (Wildman–Crippen MR) is 65.1 cm³/mol. The van der Waals surface area contributed by atoms with Crippen molar-refractivity contribution in [1.29, 1.82) is 0 Å². The van der Waals surface area contributed by atoms with Crippen molar-refractivity contribution in [2.45, 2.75) is 31.6 Å². The maximum atomic E-state index is 10.1. The van der Waals surface area contributed by atoms with Crippen LogP contribution in [0.3, 0.4) is 0 Å². The Hall–Kier alpha value is -0.540. The van der Waals surface area contributed by atoms with Gasteiger partial charge in [0.25, 0.3) is 0 Å². The highest BCUT2D eigenvalue weighted by Crippen LogP contribution is 2.47. The van der Waals surface area contributed by atoms with Crippen LogP contribution in [0.2, 0.25) is 0 Å². The third kappa shape index (κ3) is 1.68. The Kier molecular flexibility index (Phi) is 2.77. The molecule has 1 saturated carbocycles. The van der Waals surface area contributed by atoms with Crippen LogP contribution in [0.4, 0.5) is 0 Å². The van der Waals surface area contributed by atoms with Crippen LogP contribution in [0.25, 0.3) is 0 Å². The molecular formula is C12H16BrNO. The standard InChI is InChI=1S/C12H16BrNO/c1-8-5-9(13)6-10(11(8)15)12(7-14)3-2-4-12/h5-6,15H,2-4,7,14H2,1H3. The van der Waals surface area contributed by atoms with E-state index >= 15 is 0 Å². The van der Waals surface area contributed by atoms with Gasteiger partial charge in [-0.3, -0.25) is 0 Å². The summed E-state index contributed by atoms with van der Waals surface area (Å²) in [6, 6.07) is 3.94. The molecule has 15 heavy (non-hydrogen) atoms. The van der Waals surface area contributed by atoms with E-state index in [4.69, 9.17) is 5.73 Å². The van der Waals surface area contributed by atoms with Crippen LogP contribution in [0.1, 0.15) is 30.4 Å². The van der Waals surface area contributed by atoms with Crippen molar-refractivity contribution >= 4 is 15.9 Å². The Morgan fingerprint density at radius 3 is 2.60 bits per heavy atom. The van der Waals surface area contributed by atoms with Crippen LogP contribution in [0.5, 0.6) is 5.75 Å². The van der Waals surface area contributed by atoms with Crippen LogP contribution in [-0.2, 0) is 5.41 Å². The fourth-order valence-electron chi connectivity index (χ4n) is 2.33. The first-order chi connectivity index (χ1) is 7.09. The Balaban J connectivity index is 2.51. The zero-order valence-corrected chi connectivity index (χ0v) is 10.5. The summed E-state index contributed by atoms with van der Waals surface area (Å²) >= 11 is 3.47. The second-order valence-electron chi connectivity index (χ2n) is 4.46. The summed E-state index contributed by atoms with van der Waals surface area (Å²) in [7, 11) is 0. The molecule has 2 nitrogen and oxygen atoms in total. The van der Waals surface area contributed by atoms with Gasteiger partial charge in [-0.25, -0.2) is 0 Å². The molecule has 0 bridgehead atoms. The third-order valence-corrected chi connectivity index (χ3v) is 4.00. The molecule has 1 aliphatic carbocycles. The Morgan fingerprint density at radius 1 is 1.47 bits per heavy atom. The molecule has 2 rings (SSSR count). The van der Waals surface area contributed by atoms with Crippen LogP contribution in [-0.4, -0.2) is 11.7 Å². The quantitative estimate of drug-likeness (QED) is 0.868.